The van der Waals surface area contributed by atoms with Crippen LogP contribution < -0.4 is 5.32 Å². The second-order valence-corrected chi connectivity index (χ2v) is 4.81. The van der Waals surface area contributed by atoms with Gasteiger partial charge in [0, 0.05) is 19.9 Å². The van der Waals surface area contributed by atoms with E-state index in [0.29, 0.717) is 6.61 Å². The molecule has 4 nitrogen and oxygen atoms in total. The zero-order chi connectivity index (χ0) is 14.5. The fraction of sp³-hybridized carbons (Fsp3) is 0.400. The summed E-state index contributed by atoms with van der Waals surface area (Å²) < 4.78 is 20.1. The molecule has 0 saturated carbocycles. The summed E-state index contributed by atoms with van der Waals surface area (Å²) in [6, 6.07) is 6.55. The third kappa shape index (κ3) is 3.57. The van der Waals surface area contributed by atoms with E-state index in [1.54, 1.807) is 19.2 Å². The zero-order valence-corrected chi connectivity index (χ0v) is 12.1. The van der Waals surface area contributed by atoms with Gasteiger partial charge in [-0.05, 0) is 31.5 Å². The van der Waals surface area contributed by atoms with Crippen LogP contribution in [0.3, 0.4) is 0 Å². The first-order chi connectivity index (χ1) is 9.60. The minimum atomic E-state index is -0.224. The molecular formula is C15H20FN3O. The monoisotopic (exact) mass is 277 g/mol. The van der Waals surface area contributed by atoms with E-state index < -0.39 is 0 Å². The van der Waals surface area contributed by atoms with Gasteiger partial charge in [0.15, 0.2) is 0 Å². The summed E-state index contributed by atoms with van der Waals surface area (Å²) in [4.78, 5) is 4.47. The molecule has 5 heteroatoms. The number of halogens is 1. The van der Waals surface area contributed by atoms with Crippen molar-refractivity contribution in [3.05, 3.63) is 47.5 Å². The molecule has 0 bridgehead atoms. The lowest BCUT2D eigenvalue weighted by Gasteiger charge is -2.16. The Morgan fingerprint density at radius 2 is 2.05 bits per heavy atom. The van der Waals surface area contributed by atoms with Gasteiger partial charge in [0.1, 0.15) is 5.82 Å². The highest BCUT2D eigenvalue weighted by Crippen LogP contribution is 2.19. The van der Waals surface area contributed by atoms with Crippen LogP contribution in [0.4, 0.5) is 10.3 Å². The lowest BCUT2D eigenvalue weighted by Crippen LogP contribution is -2.13. The highest BCUT2D eigenvalue weighted by Gasteiger charge is 2.10. The maximum Gasteiger partial charge on any atom is 0.203 e. The molecule has 0 aliphatic carbocycles. The van der Waals surface area contributed by atoms with Gasteiger partial charge < -0.3 is 14.6 Å². The van der Waals surface area contributed by atoms with E-state index >= 15 is 0 Å². The molecule has 2 rings (SSSR count). The highest BCUT2D eigenvalue weighted by molar-refractivity contribution is 5.34. The van der Waals surface area contributed by atoms with Crippen LogP contribution in [-0.4, -0.2) is 23.3 Å². The fourth-order valence-corrected chi connectivity index (χ4v) is 2.05. The van der Waals surface area contributed by atoms with Crippen molar-refractivity contribution < 1.29 is 9.13 Å². The van der Waals surface area contributed by atoms with Gasteiger partial charge in [-0.2, -0.15) is 0 Å². The molecule has 0 saturated heterocycles. The number of imidazole rings is 1. The van der Waals surface area contributed by atoms with Gasteiger partial charge >= 0.3 is 0 Å². The van der Waals surface area contributed by atoms with Crippen LogP contribution in [0.2, 0.25) is 0 Å². The Balaban J connectivity index is 2.10. The van der Waals surface area contributed by atoms with Crippen molar-refractivity contribution in [1.29, 1.82) is 0 Å². The third-order valence-electron chi connectivity index (χ3n) is 3.15. The SMILES string of the molecule is COCCn1cc(C)nc1NC(C)c1ccc(F)cc1. The number of hydrogen-bond donors (Lipinski definition) is 1. The molecule has 1 unspecified atom stereocenters. The Kier molecular flexibility index (Phi) is 4.74. The lowest BCUT2D eigenvalue weighted by molar-refractivity contribution is 0.187. The molecule has 2 aromatic rings. The number of methoxy groups -OCH3 is 1. The van der Waals surface area contributed by atoms with Crippen LogP contribution in [0, 0.1) is 12.7 Å². The van der Waals surface area contributed by atoms with E-state index in [2.05, 4.69) is 10.3 Å². The summed E-state index contributed by atoms with van der Waals surface area (Å²) in [6.45, 7) is 5.36. The Labute approximate surface area is 118 Å². The number of hydrogen-bond acceptors (Lipinski definition) is 3. The van der Waals surface area contributed by atoms with E-state index in [1.165, 1.54) is 12.1 Å². The molecule has 1 aromatic heterocycles. The van der Waals surface area contributed by atoms with Crippen molar-refractivity contribution in [2.45, 2.75) is 26.4 Å². The maximum atomic E-state index is 12.9. The molecule has 1 N–H and O–H groups in total. The van der Waals surface area contributed by atoms with Crippen LogP contribution in [-0.2, 0) is 11.3 Å². The van der Waals surface area contributed by atoms with E-state index in [9.17, 15) is 4.39 Å². The number of aromatic nitrogens is 2. The van der Waals surface area contributed by atoms with Crippen molar-refractivity contribution >= 4 is 5.95 Å². The van der Waals surface area contributed by atoms with E-state index in [1.807, 2.05) is 24.6 Å². The van der Waals surface area contributed by atoms with Crippen LogP contribution in [0.1, 0.15) is 24.2 Å². The first-order valence-electron chi connectivity index (χ1n) is 6.65. The Morgan fingerprint density at radius 3 is 2.70 bits per heavy atom. The van der Waals surface area contributed by atoms with Crippen LogP contribution in [0.25, 0.3) is 0 Å². The minimum absolute atomic E-state index is 0.0543. The molecule has 0 fully saturated rings. The van der Waals surface area contributed by atoms with Crippen LogP contribution in [0.15, 0.2) is 30.5 Å². The Morgan fingerprint density at radius 1 is 1.35 bits per heavy atom. The Hall–Kier alpha value is -1.88. The van der Waals surface area contributed by atoms with Gasteiger partial charge in [-0.15, -0.1) is 0 Å². The maximum absolute atomic E-state index is 12.9. The van der Waals surface area contributed by atoms with Gasteiger partial charge in [-0.25, -0.2) is 9.37 Å². The number of anilines is 1. The quantitative estimate of drug-likeness (QED) is 0.881. The van der Waals surface area contributed by atoms with Crippen molar-refractivity contribution in [2.75, 3.05) is 19.0 Å². The predicted molar refractivity (Wildman–Crippen MR) is 77.3 cm³/mol. The van der Waals surface area contributed by atoms with Crippen molar-refractivity contribution in [3.8, 4) is 0 Å². The van der Waals surface area contributed by atoms with Crippen LogP contribution >= 0.6 is 0 Å². The molecule has 1 atom stereocenters. The zero-order valence-electron chi connectivity index (χ0n) is 12.1. The summed E-state index contributed by atoms with van der Waals surface area (Å²) in [7, 11) is 1.68. The predicted octanol–water partition coefficient (Wildman–Crippen LogP) is 3.15. The number of nitrogens with one attached hydrogen (secondary N) is 1. The van der Waals surface area contributed by atoms with Gasteiger partial charge in [-0.3, -0.25) is 0 Å². The molecule has 1 aromatic carbocycles. The molecule has 0 aliphatic heterocycles. The number of benzene rings is 1. The molecule has 0 spiro atoms. The first-order valence-corrected chi connectivity index (χ1v) is 6.65. The van der Waals surface area contributed by atoms with Gasteiger partial charge in [0.2, 0.25) is 5.95 Å². The summed E-state index contributed by atoms with van der Waals surface area (Å²) in [5.41, 5.74) is 1.97. The second kappa shape index (κ2) is 6.52. The standard InChI is InChI=1S/C15H20FN3O/c1-11-10-19(8-9-20-3)15(17-11)18-12(2)13-4-6-14(16)7-5-13/h4-7,10,12H,8-9H2,1-3H3,(H,17,18). The number of nitrogens with zero attached hydrogens (tertiary/aromatic N) is 2. The van der Waals surface area contributed by atoms with Gasteiger partial charge in [0.05, 0.1) is 18.3 Å². The molecule has 0 amide bonds. The Bertz CT molecular complexity index is 551. The lowest BCUT2D eigenvalue weighted by atomic mass is 10.1. The van der Waals surface area contributed by atoms with E-state index in [-0.39, 0.29) is 11.9 Å². The molecule has 20 heavy (non-hydrogen) atoms. The second-order valence-electron chi connectivity index (χ2n) is 4.81. The average Bonchev–Trinajstić information content (AvgIpc) is 2.77. The normalized spacial score (nSPS) is 12.4. The minimum Gasteiger partial charge on any atom is -0.383 e. The van der Waals surface area contributed by atoms with E-state index in [0.717, 1.165) is 23.8 Å². The summed E-state index contributed by atoms with van der Waals surface area (Å²) in [5, 5.41) is 3.35. The van der Waals surface area contributed by atoms with Crippen molar-refractivity contribution in [2.24, 2.45) is 0 Å². The molecule has 0 aliphatic rings. The molecule has 1 heterocycles. The number of rotatable bonds is 6. The van der Waals surface area contributed by atoms with Crippen molar-refractivity contribution in [3.63, 3.8) is 0 Å². The van der Waals surface area contributed by atoms with Gasteiger partial charge in [-0.1, -0.05) is 12.1 Å². The largest absolute Gasteiger partial charge is 0.383 e. The van der Waals surface area contributed by atoms with Gasteiger partial charge in [0.25, 0.3) is 0 Å². The first kappa shape index (κ1) is 14.5. The topological polar surface area (TPSA) is 39.1 Å². The third-order valence-corrected chi connectivity index (χ3v) is 3.15. The average molecular weight is 277 g/mol. The van der Waals surface area contributed by atoms with Crippen LogP contribution in [0.5, 0.6) is 0 Å². The summed E-state index contributed by atoms with van der Waals surface area (Å²) in [6.07, 6.45) is 1.98. The number of ether oxygens (including phenoxy) is 1. The fourth-order valence-electron chi connectivity index (χ4n) is 2.05. The summed E-state index contributed by atoms with van der Waals surface area (Å²) in [5.74, 6) is 0.578. The number of aryl methyl sites for hydroxylation is 1. The molecular weight excluding hydrogens is 257 g/mol. The summed E-state index contributed by atoms with van der Waals surface area (Å²) >= 11 is 0. The van der Waals surface area contributed by atoms with Crippen molar-refractivity contribution in [1.82, 2.24) is 9.55 Å². The highest BCUT2D eigenvalue weighted by atomic mass is 19.1. The molecule has 108 valence electrons. The van der Waals surface area contributed by atoms with E-state index in [4.69, 9.17) is 4.74 Å². The smallest absolute Gasteiger partial charge is 0.203 e. The molecule has 0 radical (unpaired) electrons.